The molecule has 1 fully saturated rings. The van der Waals surface area contributed by atoms with Crippen LogP contribution in [-0.4, -0.2) is 63.4 Å². The molecular weight excluding hydrogens is 432 g/mol. The van der Waals surface area contributed by atoms with Crippen LogP contribution in [0.15, 0.2) is 59.5 Å². The zero-order valence-corrected chi connectivity index (χ0v) is 18.6. The second kappa shape index (κ2) is 9.51. The van der Waals surface area contributed by atoms with Crippen molar-refractivity contribution < 1.29 is 22.6 Å². The van der Waals surface area contributed by atoms with Gasteiger partial charge in [-0.2, -0.15) is 4.31 Å². The molecule has 10 heteroatoms. The van der Waals surface area contributed by atoms with Crippen LogP contribution in [0.4, 0.5) is 11.5 Å². The van der Waals surface area contributed by atoms with Gasteiger partial charge in [0, 0.05) is 18.7 Å². The van der Waals surface area contributed by atoms with Crippen LogP contribution in [0.5, 0.6) is 11.5 Å². The number of morpholine rings is 1. The molecule has 2 aromatic carbocycles. The van der Waals surface area contributed by atoms with E-state index in [1.807, 2.05) is 24.3 Å². The lowest BCUT2D eigenvalue weighted by Crippen LogP contribution is -2.40. The number of hydrogen-bond donors (Lipinski definition) is 1. The van der Waals surface area contributed by atoms with Crippen LogP contribution in [0.3, 0.4) is 0 Å². The van der Waals surface area contributed by atoms with Crippen molar-refractivity contribution in [2.75, 3.05) is 45.8 Å². The van der Waals surface area contributed by atoms with E-state index < -0.39 is 10.0 Å². The summed E-state index contributed by atoms with van der Waals surface area (Å²) in [5, 5.41) is 11.7. The van der Waals surface area contributed by atoms with Crippen LogP contribution >= 0.6 is 0 Å². The summed E-state index contributed by atoms with van der Waals surface area (Å²) in [6, 6.07) is 16.0. The number of para-hydroxylation sites is 2. The molecule has 32 heavy (non-hydrogen) atoms. The standard InChI is InChI=1S/C22H24N4O5S/c1-29-19-6-4-3-5-18(19)23-22-10-8-17(24-25-22)16-7-9-20(30-2)21(15-16)32(27,28)26-11-13-31-14-12-26/h3-10,15H,11-14H2,1-2H3,(H,23,25). The van der Waals surface area contributed by atoms with Crippen LogP contribution in [0.2, 0.25) is 0 Å². The zero-order valence-electron chi connectivity index (χ0n) is 17.8. The van der Waals surface area contributed by atoms with E-state index in [0.717, 1.165) is 5.69 Å². The highest BCUT2D eigenvalue weighted by Gasteiger charge is 2.29. The molecule has 1 aliphatic heterocycles. The lowest BCUT2D eigenvalue weighted by atomic mass is 10.1. The van der Waals surface area contributed by atoms with Gasteiger partial charge >= 0.3 is 0 Å². The van der Waals surface area contributed by atoms with E-state index in [4.69, 9.17) is 14.2 Å². The molecule has 4 rings (SSSR count). The summed E-state index contributed by atoms with van der Waals surface area (Å²) < 4.78 is 43.7. The fourth-order valence-electron chi connectivity index (χ4n) is 3.40. The van der Waals surface area contributed by atoms with Crippen molar-refractivity contribution in [1.29, 1.82) is 0 Å². The normalized spacial score (nSPS) is 14.7. The van der Waals surface area contributed by atoms with Crippen LogP contribution in [-0.2, 0) is 14.8 Å². The van der Waals surface area contributed by atoms with Gasteiger partial charge in [0.2, 0.25) is 10.0 Å². The predicted molar refractivity (Wildman–Crippen MR) is 120 cm³/mol. The fraction of sp³-hybridized carbons (Fsp3) is 0.273. The van der Waals surface area contributed by atoms with Crippen LogP contribution < -0.4 is 14.8 Å². The maximum atomic E-state index is 13.2. The lowest BCUT2D eigenvalue weighted by Gasteiger charge is -2.26. The van der Waals surface area contributed by atoms with Crippen molar-refractivity contribution in [2.24, 2.45) is 0 Å². The molecule has 0 atom stereocenters. The Kier molecular flexibility index (Phi) is 6.54. The first-order chi connectivity index (χ1) is 15.5. The Morgan fingerprint density at radius 1 is 0.938 bits per heavy atom. The van der Waals surface area contributed by atoms with Gasteiger partial charge in [-0.05, 0) is 42.5 Å². The summed E-state index contributed by atoms with van der Waals surface area (Å²) in [5.41, 5.74) is 1.92. The molecule has 0 aliphatic carbocycles. The van der Waals surface area contributed by atoms with Gasteiger partial charge in [0.15, 0.2) is 5.82 Å². The Labute approximate surface area is 187 Å². The first-order valence-corrected chi connectivity index (χ1v) is 11.5. The Morgan fingerprint density at radius 3 is 2.38 bits per heavy atom. The molecule has 0 saturated carbocycles. The molecule has 0 unspecified atom stereocenters. The highest BCUT2D eigenvalue weighted by molar-refractivity contribution is 7.89. The third kappa shape index (κ3) is 4.52. The molecule has 9 nitrogen and oxygen atoms in total. The van der Waals surface area contributed by atoms with Crippen molar-refractivity contribution in [3.63, 3.8) is 0 Å². The molecule has 2 heterocycles. The molecule has 0 spiro atoms. The Bertz CT molecular complexity index is 1180. The summed E-state index contributed by atoms with van der Waals surface area (Å²) in [5.74, 6) is 1.50. The van der Waals surface area contributed by atoms with Gasteiger partial charge in [-0.25, -0.2) is 8.42 Å². The summed E-state index contributed by atoms with van der Waals surface area (Å²) >= 11 is 0. The van der Waals surface area contributed by atoms with Crippen molar-refractivity contribution >= 4 is 21.5 Å². The highest BCUT2D eigenvalue weighted by atomic mass is 32.2. The zero-order chi connectivity index (χ0) is 22.6. The summed E-state index contributed by atoms with van der Waals surface area (Å²) in [6.07, 6.45) is 0. The first kappa shape index (κ1) is 22.0. The van der Waals surface area contributed by atoms with Gasteiger partial charge < -0.3 is 19.5 Å². The van der Waals surface area contributed by atoms with Crippen molar-refractivity contribution in [3.8, 4) is 22.8 Å². The first-order valence-electron chi connectivity index (χ1n) is 10.0. The van der Waals surface area contributed by atoms with Gasteiger partial charge in [0.25, 0.3) is 0 Å². The third-order valence-electron chi connectivity index (χ3n) is 5.08. The molecule has 0 radical (unpaired) electrons. The molecule has 1 saturated heterocycles. The summed E-state index contributed by atoms with van der Waals surface area (Å²) in [4.78, 5) is 0.0948. The molecule has 1 aliphatic rings. The number of benzene rings is 2. The highest BCUT2D eigenvalue weighted by Crippen LogP contribution is 2.32. The third-order valence-corrected chi connectivity index (χ3v) is 7.00. The smallest absolute Gasteiger partial charge is 0.246 e. The van der Waals surface area contributed by atoms with E-state index in [1.54, 1.807) is 37.4 Å². The van der Waals surface area contributed by atoms with Gasteiger partial charge in [-0.3, -0.25) is 0 Å². The van der Waals surface area contributed by atoms with Gasteiger partial charge in [-0.15, -0.1) is 10.2 Å². The molecule has 0 amide bonds. The molecule has 1 aromatic heterocycles. The average molecular weight is 457 g/mol. The van der Waals surface area contributed by atoms with E-state index in [2.05, 4.69) is 15.5 Å². The van der Waals surface area contributed by atoms with Crippen molar-refractivity contribution in [1.82, 2.24) is 14.5 Å². The van der Waals surface area contributed by atoms with E-state index in [9.17, 15) is 8.42 Å². The average Bonchev–Trinajstić information content (AvgIpc) is 2.85. The number of nitrogens with zero attached hydrogens (tertiary/aromatic N) is 3. The van der Waals surface area contributed by atoms with Crippen LogP contribution in [0, 0.1) is 0 Å². The number of aromatic nitrogens is 2. The van der Waals surface area contributed by atoms with Gasteiger partial charge in [0.05, 0.1) is 38.8 Å². The van der Waals surface area contributed by atoms with Crippen molar-refractivity contribution in [3.05, 3.63) is 54.6 Å². The molecule has 168 valence electrons. The Hall–Kier alpha value is -3.21. The number of anilines is 2. The SMILES string of the molecule is COc1ccccc1Nc1ccc(-c2ccc(OC)c(S(=O)(=O)N3CCOCC3)c2)nn1. The number of ether oxygens (including phenoxy) is 3. The monoisotopic (exact) mass is 456 g/mol. The maximum absolute atomic E-state index is 13.2. The van der Waals surface area contributed by atoms with Gasteiger partial charge in [-0.1, -0.05) is 12.1 Å². The molecular formula is C22H24N4O5S. The van der Waals surface area contributed by atoms with Gasteiger partial charge in [0.1, 0.15) is 16.4 Å². The fourth-order valence-corrected chi connectivity index (χ4v) is 4.99. The second-order valence-electron chi connectivity index (χ2n) is 7.01. The molecule has 3 aromatic rings. The molecule has 0 bridgehead atoms. The van der Waals surface area contributed by atoms with Crippen molar-refractivity contribution in [2.45, 2.75) is 4.90 Å². The number of methoxy groups -OCH3 is 2. The Balaban J connectivity index is 1.62. The minimum Gasteiger partial charge on any atom is -0.495 e. The van der Waals surface area contributed by atoms with E-state index >= 15 is 0 Å². The van der Waals surface area contributed by atoms with E-state index in [0.29, 0.717) is 49.1 Å². The van der Waals surface area contributed by atoms with Crippen LogP contribution in [0.1, 0.15) is 0 Å². The maximum Gasteiger partial charge on any atom is 0.246 e. The molecule has 1 N–H and O–H groups in total. The van der Waals surface area contributed by atoms with E-state index in [1.165, 1.54) is 11.4 Å². The minimum absolute atomic E-state index is 0.0948. The topological polar surface area (TPSA) is 103 Å². The predicted octanol–water partition coefficient (Wildman–Crippen LogP) is 2.93. The van der Waals surface area contributed by atoms with Crippen LogP contribution in [0.25, 0.3) is 11.3 Å². The number of nitrogens with one attached hydrogen (secondary N) is 1. The minimum atomic E-state index is -3.74. The number of sulfonamides is 1. The Morgan fingerprint density at radius 2 is 1.69 bits per heavy atom. The lowest BCUT2D eigenvalue weighted by molar-refractivity contribution is 0.0729. The summed E-state index contributed by atoms with van der Waals surface area (Å²) in [7, 11) is -0.689. The second-order valence-corrected chi connectivity index (χ2v) is 8.92. The number of hydrogen-bond acceptors (Lipinski definition) is 8. The summed E-state index contributed by atoms with van der Waals surface area (Å²) in [6.45, 7) is 1.35. The quantitative estimate of drug-likeness (QED) is 0.579. The largest absolute Gasteiger partial charge is 0.495 e. The number of rotatable bonds is 7. The van der Waals surface area contributed by atoms with E-state index in [-0.39, 0.29) is 10.6 Å².